The number of allylic oxidation sites excluding steroid dienone is 1. The monoisotopic (exact) mass is 408 g/mol. The molecule has 7 heteroatoms. The van der Waals surface area contributed by atoms with Gasteiger partial charge in [0.05, 0.1) is 11.5 Å². The highest BCUT2D eigenvalue weighted by Gasteiger charge is 2.32. The average molecular weight is 408 g/mol. The number of hydrogen-bond acceptors (Lipinski definition) is 5. The van der Waals surface area contributed by atoms with Gasteiger partial charge in [0.1, 0.15) is 5.52 Å². The molecule has 5 rings (SSSR count). The van der Waals surface area contributed by atoms with Crippen LogP contribution in [-0.2, 0) is 4.79 Å². The summed E-state index contributed by atoms with van der Waals surface area (Å²) in [5, 5.41) is 7.50. The van der Waals surface area contributed by atoms with Gasteiger partial charge in [-0.1, -0.05) is 27.6 Å². The lowest BCUT2D eigenvalue weighted by atomic mass is 9.91. The molecule has 3 aliphatic heterocycles. The molecule has 0 bridgehead atoms. The van der Waals surface area contributed by atoms with Crippen LogP contribution in [0.4, 0.5) is 0 Å². The first-order chi connectivity index (χ1) is 14.1. The Labute approximate surface area is 172 Å². The molecule has 2 unspecified atom stereocenters. The Balaban J connectivity index is 1.37. The molecule has 0 saturated carbocycles. The molecule has 1 aromatic heterocycles. The third-order valence-corrected chi connectivity index (χ3v) is 7.47. The first kappa shape index (κ1) is 18.7. The van der Waals surface area contributed by atoms with Gasteiger partial charge in [0.2, 0.25) is 0 Å². The maximum Gasteiger partial charge on any atom is 0.268 e. The van der Waals surface area contributed by atoms with Gasteiger partial charge in [0.15, 0.2) is 11.5 Å². The third-order valence-electron chi connectivity index (χ3n) is 5.99. The van der Waals surface area contributed by atoms with Crippen molar-refractivity contribution in [3.63, 3.8) is 0 Å². The number of fused-ring (bicyclic) bond motifs is 2. The Bertz CT molecular complexity index is 1050. The Hall–Kier alpha value is -2.30. The lowest BCUT2D eigenvalue weighted by Gasteiger charge is -2.36. The number of amides is 1. The molecule has 2 aromatic rings. The van der Waals surface area contributed by atoms with E-state index in [9.17, 15) is 4.79 Å². The number of oxazole rings is 1. The van der Waals surface area contributed by atoms with E-state index in [0.717, 1.165) is 60.2 Å². The van der Waals surface area contributed by atoms with Crippen LogP contribution >= 0.6 is 8.58 Å². The summed E-state index contributed by atoms with van der Waals surface area (Å²) in [6.07, 6.45) is 8.28. The van der Waals surface area contributed by atoms with Gasteiger partial charge in [0, 0.05) is 18.9 Å². The average Bonchev–Trinajstić information content (AvgIpc) is 3.12. The summed E-state index contributed by atoms with van der Waals surface area (Å²) in [5.41, 5.74) is 3.69. The van der Waals surface area contributed by atoms with Gasteiger partial charge >= 0.3 is 0 Å². The molecule has 29 heavy (non-hydrogen) atoms. The maximum atomic E-state index is 12.9. The number of aryl methyl sites for hydroxylation is 1. The zero-order valence-corrected chi connectivity index (χ0v) is 17.8. The van der Waals surface area contributed by atoms with Crippen LogP contribution in [0.2, 0.25) is 0 Å². The number of hydrazone groups is 1. The largest absolute Gasteiger partial charge is 0.441 e. The van der Waals surface area contributed by atoms with Crippen LogP contribution in [0.3, 0.4) is 0 Å². The predicted octanol–water partition coefficient (Wildman–Crippen LogP) is 3.98. The topological polar surface area (TPSA) is 61.9 Å². The number of rotatable bonds is 3. The van der Waals surface area contributed by atoms with Crippen molar-refractivity contribution in [2.24, 2.45) is 11.0 Å². The molecule has 0 N–H and O–H groups in total. The fraction of sp³-hybridized carbons (Fsp3) is 0.409. The van der Waals surface area contributed by atoms with E-state index in [2.05, 4.69) is 29.0 Å². The normalized spacial score (nSPS) is 24.1. The van der Waals surface area contributed by atoms with Crippen molar-refractivity contribution < 1.29 is 9.21 Å². The quantitative estimate of drug-likeness (QED) is 0.721. The van der Waals surface area contributed by atoms with Gasteiger partial charge in [-0.05, 0) is 61.6 Å². The minimum atomic E-state index is -0.0366. The van der Waals surface area contributed by atoms with Crippen LogP contribution in [0.25, 0.3) is 16.4 Å². The molecule has 4 heterocycles. The van der Waals surface area contributed by atoms with Crippen molar-refractivity contribution in [2.75, 3.05) is 19.6 Å². The fourth-order valence-corrected chi connectivity index (χ4v) is 5.66. The van der Waals surface area contributed by atoms with Crippen molar-refractivity contribution in [1.82, 2.24) is 14.9 Å². The summed E-state index contributed by atoms with van der Waals surface area (Å²) in [6, 6.07) is 5.97. The molecule has 2 atom stereocenters. The van der Waals surface area contributed by atoms with Gasteiger partial charge in [-0.15, -0.1) is 0 Å². The number of likely N-dealkylation sites (tertiary alicyclic amines) is 1. The second-order valence-electron chi connectivity index (χ2n) is 7.84. The smallest absolute Gasteiger partial charge is 0.268 e. The lowest BCUT2D eigenvalue weighted by molar-refractivity contribution is -0.126. The molecule has 1 fully saturated rings. The van der Waals surface area contributed by atoms with E-state index in [1.165, 1.54) is 0 Å². The van der Waals surface area contributed by atoms with Crippen molar-refractivity contribution in [3.8, 4) is 0 Å². The van der Waals surface area contributed by atoms with Crippen molar-refractivity contribution >= 4 is 36.6 Å². The summed E-state index contributed by atoms with van der Waals surface area (Å²) in [6.45, 7) is 7.39. The van der Waals surface area contributed by atoms with E-state index in [4.69, 9.17) is 9.52 Å². The predicted molar refractivity (Wildman–Crippen MR) is 117 cm³/mol. The molecule has 0 aliphatic carbocycles. The summed E-state index contributed by atoms with van der Waals surface area (Å²) in [7, 11) is 0.460. The van der Waals surface area contributed by atoms with Gasteiger partial charge in [0.25, 0.3) is 5.91 Å². The first-order valence-electron chi connectivity index (χ1n) is 10.3. The van der Waals surface area contributed by atoms with Gasteiger partial charge in [-0.3, -0.25) is 4.79 Å². The van der Waals surface area contributed by atoms with Crippen LogP contribution < -0.4 is 0 Å². The first-order valence-corrected chi connectivity index (χ1v) is 11.4. The fourth-order valence-electron chi connectivity index (χ4n) is 4.31. The molecule has 1 aromatic carbocycles. The molecule has 1 amide bonds. The number of carbonyl (C=O) groups is 1. The van der Waals surface area contributed by atoms with Crippen molar-refractivity contribution in [2.45, 2.75) is 32.5 Å². The summed E-state index contributed by atoms with van der Waals surface area (Å²) in [4.78, 5) is 19.7. The van der Waals surface area contributed by atoms with Gasteiger partial charge in [-0.25, -0.2) is 9.99 Å². The number of benzene rings is 1. The summed E-state index contributed by atoms with van der Waals surface area (Å²) >= 11 is 0. The number of aromatic nitrogens is 1. The maximum absolute atomic E-state index is 12.9. The van der Waals surface area contributed by atoms with E-state index in [-0.39, 0.29) is 11.7 Å². The van der Waals surface area contributed by atoms with Crippen LogP contribution in [0.5, 0.6) is 0 Å². The van der Waals surface area contributed by atoms with E-state index in [1.54, 1.807) is 11.1 Å². The van der Waals surface area contributed by atoms with E-state index in [0.29, 0.717) is 20.4 Å². The Morgan fingerprint density at radius 2 is 2.10 bits per heavy atom. The lowest BCUT2D eigenvalue weighted by Crippen LogP contribution is -2.40. The van der Waals surface area contributed by atoms with Crippen molar-refractivity contribution in [3.05, 3.63) is 47.9 Å². The van der Waals surface area contributed by atoms with Gasteiger partial charge in [-0.2, -0.15) is 5.10 Å². The Kier molecular flexibility index (Phi) is 4.84. The highest BCUT2D eigenvalue weighted by atomic mass is 31.1. The molecule has 0 spiro atoms. The molecular weight excluding hydrogens is 383 g/mol. The minimum absolute atomic E-state index is 0.00846. The molecular formula is C22H25N4O2P. The van der Waals surface area contributed by atoms with Crippen LogP contribution in [0.1, 0.15) is 31.2 Å². The number of hydrogen-bond donors (Lipinski definition) is 0. The molecule has 6 nitrogen and oxygen atoms in total. The molecule has 1 saturated heterocycles. The van der Waals surface area contributed by atoms with E-state index >= 15 is 0 Å². The van der Waals surface area contributed by atoms with Gasteiger partial charge < -0.3 is 9.32 Å². The molecule has 150 valence electrons. The van der Waals surface area contributed by atoms with Crippen molar-refractivity contribution in [1.29, 1.82) is 0 Å². The second kappa shape index (κ2) is 7.51. The second-order valence-corrected chi connectivity index (χ2v) is 9.26. The number of nitrogens with zero attached hydrogens (tertiary/aromatic N) is 4. The molecule has 3 aliphatic rings. The zero-order valence-electron chi connectivity index (χ0n) is 16.8. The SMILES string of the molecule is CCN1CCC(C2=NN3C(=O)C=C(c4ccc5nc(C)oc5c4)PC3C=C2)CC1. The van der Waals surface area contributed by atoms with Crippen LogP contribution in [0.15, 0.2) is 45.9 Å². The Morgan fingerprint density at radius 3 is 2.90 bits per heavy atom. The number of carbonyl (C=O) groups excluding carboxylic acids is 1. The van der Waals surface area contributed by atoms with E-state index in [1.807, 2.05) is 25.1 Å². The van der Waals surface area contributed by atoms with Crippen LogP contribution in [-0.4, -0.2) is 51.9 Å². The standard InChI is InChI=1S/C22H25N4O2P/c1-3-25-10-8-15(9-11-25)17-6-7-22-26(24-17)21(27)13-20(29-22)16-4-5-18-19(12-16)28-14(2)23-18/h4-7,12-13,15,22,29H,3,8-11H2,1-2H3. The third kappa shape index (κ3) is 3.56. The molecule has 0 radical (unpaired) electrons. The summed E-state index contributed by atoms with van der Waals surface area (Å²) < 4.78 is 5.66. The Morgan fingerprint density at radius 1 is 1.28 bits per heavy atom. The minimum Gasteiger partial charge on any atom is -0.441 e. The highest BCUT2D eigenvalue weighted by molar-refractivity contribution is 7.51. The highest BCUT2D eigenvalue weighted by Crippen LogP contribution is 2.45. The van der Waals surface area contributed by atoms with E-state index < -0.39 is 0 Å². The van der Waals surface area contributed by atoms with Crippen LogP contribution in [0, 0.1) is 12.8 Å². The zero-order chi connectivity index (χ0) is 20.0. The number of piperidine rings is 1. The summed E-state index contributed by atoms with van der Waals surface area (Å²) in [5.74, 6) is 1.08.